The van der Waals surface area contributed by atoms with Gasteiger partial charge in [-0.3, -0.25) is 9.59 Å². The second kappa shape index (κ2) is 8.74. The van der Waals surface area contributed by atoms with Crippen molar-refractivity contribution in [3.05, 3.63) is 95.6 Å². The molecule has 168 valence electrons. The molecule has 2 amide bonds. The molecule has 5 nitrogen and oxygen atoms in total. The molecule has 3 aromatic carbocycles. The minimum Gasteiger partial charge on any atom is -0.495 e. The third-order valence-electron chi connectivity index (χ3n) is 7.10. The Bertz CT molecular complexity index is 1170. The second-order valence-corrected chi connectivity index (χ2v) is 8.90. The molecule has 5 heteroatoms. The van der Waals surface area contributed by atoms with Gasteiger partial charge in [0.25, 0.3) is 5.91 Å². The molecule has 33 heavy (non-hydrogen) atoms. The first-order chi connectivity index (χ1) is 16.1. The molecule has 1 heterocycles. The molecular formula is C28H28N2O3. The highest BCUT2D eigenvalue weighted by atomic mass is 16.5. The van der Waals surface area contributed by atoms with E-state index >= 15 is 0 Å². The lowest BCUT2D eigenvalue weighted by Gasteiger charge is -2.50. The van der Waals surface area contributed by atoms with Gasteiger partial charge < -0.3 is 15.0 Å². The van der Waals surface area contributed by atoms with Crippen molar-refractivity contribution >= 4 is 17.5 Å². The van der Waals surface area contributed by atoms with Crippen LogP contribution in [0.2, 0.25) is 0 Å². The van der Waals surface area contributed by atoms with Crippen LogP contribution < -0.4 is 10.1 Å². The summed E-state index contributed by atoms with van der Waals surface area (Å²) in [6.45, 7) is 0.493. The van der Waals surface area contributed by atoms with E-state index in [-0.39, 0.29) is 11.8 Å². The predicted molar refractivity (Wildman–Crippen MR) is 128 cm³/mol. The first kappa shape index (κ1) is 21.3. The van der Waals surface area contributed by atoms with Crippen molar-refractivity contribution in [3.63, 3.8) is 0 Å². The Labute approximate surface area is 194 Å². The maximum Gasteiger partial charge on any atom is 0.254 e. The molecule has 1 fully saturated rings. The van der Waals surface area contributed by atoms with Crippen molar-refractivity contribution in [2.75, 3.05) is 12.4 Å². The SMILES string of the molecule is COc1ccccc1NC(=O)[C@H]1c2ccccc2C(=O)N(Cc2ccccc2)C12CCCC2. The fourth-order valence-electron chi connectivity index (χ4n) is 5.62. The predicted octanol–water partition coefficient (Wildman–Crippen LogP) is 5.39. The van der Waals surface area contributed by atoms with E-state index in [9.17, 15) is 9.59 Å². The van der Waals surface area contributed by atoms with E-state index in [2.05, 4.69) is 5.32 Å². The topological polar surface area (TPSA) is 58.6 Å². The number of hydrogen-bond donors (Lipinski definition) is 1. The molecule has 3 aromatic rings. The average molecular weight is 441 g/mol. The number of benzene rings is 3. The van der Waals surface area contributed by atoms with E-state index in [1.807, 2.05) is 83.8 Å². The highest BCUT2D eigenvalue weighted by Gasteiger charge is 2.55. The van der Waals surface area contributed by atoms with Crippen LogP contribution in [0.25, 0.3) is 0 Å². The Morgan fingerprint density at radius 2 is 1.64 bits per heavy atom. The molecule has 5 rings (SSSR count). The fraction of sp³-hybridized carbons (Fsp3) is 0.286. The van der Waals surface area contributed by atoms with Crippen LogP contribution in [0.5, 0.6) is 5.75 Å². The van der Waals surface area contributed by atoms with Gasteiger partial charge in [0, 0.05) is 12.1 Å². The average Bonchev–Trinajstić information content (AvgIpc) is 3.33. The van der Waals surface area contributed by atoms with Crippen LogP contribution in [0.3, 0.4) is 0 Å². The van der Waals surface area contributed by atoms with Crippen molar-refractivity contribution in [2.45, 2.75) is 43.7 Å². The summed E-state index contributed by atoms with van der Waals surface area (Å²) in [5.41, 5.74) is 2.60. The van der Waals surface area contributed by atoms with E-state index in [1.165, 1.54) is 0 Å². The number of rotatable bonds is 5. The largest absolute Gasteiger partial charge is 0.495 e. The van der Waals surface area contributed by atoms with Gasteiger partial charge in [0.1, 0.15) is 5.75 Å². The van der Waals surface area contributed by atoms with Crippen LogP contribution in [0.15, 0.2) is 78.9 Å². The molecule has 0 aromatic heterocycles. The number of hydrogen-bond acceptors (Lipinski definition) is 3. The maximum absolute atomic E-state index is 14.0. The smallest absolute Gasteiger partial charge is 0.254 e. The van der Waals surface area contributed by atoms with Gasteiger partial charge in [-0.15, -0.1) is 0 Å². The highest BCUT2D eigenvalue weighted by Crippen LogP contribution is 2.51. The summed E-state index contributed by atoms with van der Waals surface area (Å²) in [5.74, 6) is 0.0762. The first-order valence-electron chi connectivity index (χ1n) is 11.5. The zero-order valence-corrected chi connectivity index (χ0v) is 18.8. The summed E-state index contributed by atoms with van der Waals surface area (Å²) in [6, 6.07) is 25.1. The molecule has 1 spiro atoms. The van der Waals surface area contributed by atoms with Crippen molar-refractivity contribution in [1.29, 1.82) is 0 Å². The molecule has 0 bridgehead atoms. The van der Waals surface area contributed by atoms with Crippen LogP contribution in [-0.2, 0) is 11.3 Å². The number of anilines is 1. The van der Waals surface area contributed by atoms with Crippen LogP contribution in [-0.4, -0.2) is 29.4 Å². The Kier molecular flexibility index (Phi) is 5.63. The normalized spacial score (nSPS) is 18.8. The number of para-hydroxylation sites is 2. The quantitative estimate of drug-likeness (QED) is 0.579. The number of carbonyl (C=O) groups is 2. The van der Waals surface area contributed by atoms with Crippen LogP contribution in [0.1, 0.15) is 53.1 Å². The van der Waals surface area contributed by atoms with Gasteiger partial charge in [0.2, 0.25) is 5.91 Å². The summed E-state index contributed by atoms with van der Waals surface area (Å²) >= 11 is 0. The summed E-state index contributed by atoms with van der Waals surface area (Å²) < 4.78 is 5.46. The Balaban J connectivity index is 1.60. The highest BCUT2D eigenvalue weighted by molar-refractivity contribution is 6.05. The number of methoxy groups -OCH3 is 1. The number of carbonyl (C=O) groups excluding carboxylic acids is 2. The number of nitrogens with one attached hydrogen (secondary N) is 1. The second-order valence-electron chi connectivity index (χ2n) is 8.90. The third-order valence-corrected chi connectivity index (χ3v) is 7.10. The molecule has 1 saturated carbocycles. The summed E-state index contributed by atoms with van der Waals surface area (Å²) in [4.78, 5) is 29.7. The van der Waals surface area contributed by atoms with Crippen LogP contribution in [0.4, 0.5) is 5.69 Å². The molecule has 1 N–H and O–H groups in total. The zero-order valence-electron chi connectivity index (χ0n) is 18.8. The number of amides is 2. The van der Waals surface area contributed by atoms with E-state index in [0.29, 0.717) is 23.5 Å². The van der Waals surface area contributed by atoms with Gasteiger partial charge in [-0.05, 0) is 42.2 Å². The summed E-state index contributed by atoms with van der Waals surface area (Å²) in [5, 5.41) is 3.12. The van der Waals surface area contributed by atoms with E-state index in [1.54, 1.807) is 7.11 Å². The minimum absolute atomic E-state index is 0.0118. The maximum atomic E-state index is 14.0. The van der Waals surface area contributed by atoms with Crippen LogP contribution in [0, 0.1) is 0 Å². The molecule has 0 radical (unpaired) electrons. The molecule has 2 aliphatic rings. The van der Waals surface area contributed by atoms with Gasteiger partial charge in [0.15, 0.2) is 0 Å². The zero-order chi connectivity index (χ0) is 22.8. The van der Waals surface area contributed by atoms with Crippen LogP contribution >= 0.6 is 0 Å². The monoisotopic (exact) mass is 440 g/mol. The Hall–Kier alpha value is -3.60. The van der Waals surface area contributed by atoms with Crippen molar-refractivity contribution in [3.8, 4) is 5.75 Å². The van der Waals surface area contributed by atoms with Gasteiger partial charge in [0.05, 0.1) is 24.3 Å². The number of fused-ring (bicyclic) bond motifs is 1. The Morgan fingerprint density at radius 1 is 0.970 bits per heavy atom. The van der Waals surface area contributed by atoms with Crippen molar-refractivity contribution in [1.82, 2.24) is 4.90 Å². The van der Waals surface area contributed by atoms with Gasteiger partial charge in [-0.2, -0.15) is 0 Å². The van der Waals surface area contributed by atoms with E-state index in [0.717, 1.165) is 36.8 Å². The molecule has 1 aliphatic carbocycles. The van der Waals surface area contributed by atoms with Crippen molar-refractivity contribution in [2.24, 2.45) is 0 Å². The minimum atomic E-state index is -0.548. The van der Waals surface area contributed by atoms with E-state index < -0.39 is 11.5 Å². The number of ether oxygens (including phenoxy) is 1. The fourth-order valence-corrected chi connectivity index (χ4v) is 5.62. The Morgan fingerprint density at radius 3 is 2.39 bits per heavy atom. The first-order valence-corrected chi connectivity index (χ1v) is 11.5. The molecular weight excluding hydrogens is 412 g/mol. The summed E-state index contributed by atoms with van der Waals surface area (Å²) in [7, 11) is 1.60. The number of nitrogens with zero attached hydrogens (tertiary/aromatic N) is 1. The standard InChI is InChI=1S/C28H28N2O3/c1-33-24-16-8-7-15-23(24)29-26(31)25-21-13-5-6-14-22(21)27(32)30(28(25)17-9-10-18-28)19-20-11-3-2-4-12-20/h2-8,11-16,25H,9-10,17-19H2,1H3,(H,29,31)/t25-/m1/s1. The van der Waals surface area contributed by atoms with Crippen molar-refractivity contribution < 1.29 is 14.3 Å². The molecule has 0 unspecified atom stereocenters. The summed E-state index contributed by atoms with van der Waals surface area (Å²) in [6.07, 6.45) is 3.62. The molecule has 1 atom stereocenters. The molecule has 1 aliphatic heterocycles. The van der Waals surface area contributed by atoms with Gasteiger partial charge >= 0.3 is 0 Å². The third kappa shape index (κ3) is 3.67. The lowest BCUT2D eigenvalue weighted by molar-refractivity contribution is -0.121. The lowest BCUT2D eigenvalue weighted by Crippen LogP contribution is -2.59. The van der Waals surface area contributed by atoms with E-state index in [4.69, 9.17) is 4.74 Å². The molecule has 0 saturated heterocycles. The lowest BCUT2D eigenvalue weighted by atomic mass is 9.71. The van der Waals surface area contributed by atoms with Gasteiger partial charge in [-0.1, -0.05) is 73.5 Å². The van der Waals surface area contributed by atoms with Gasteiger partial charge in [-0.25, -0.2) is 0 Å².